The van der Waals surface area contributed by atoms with Crippen molar-refractivity contribution in [3.63, 3.8) is 0 Å². The van der Waals surface area contributed by atoms with Gasteiger partial charge in [0.25, 0.3) is 5.91 Å². The summed E-state index contributed by atoms with van der Waals surface area (Å²) in [6.45, 7) is -0.138. The zero-order chi connectivity index (χ0) is 19.9. The van der Waals surface area contributed by atoms with Crippen molar-refractivity contribution < 1.29 is 14.3 Å². The van der Waals surface area contributed by atoms with E-state index in [1.165, 1.54) is 11.3 Å². The van der Waals surface area contributed by atoms with Crippen LogP contribution in [0.1, 0.15) is 0 Å². The zero-order valence-electron chi connectivity index (χ0n) is 15.2. The van der Waals surface area contributed by atoms with E-state index in [-0.39, 0.29) is 12.5 Å². The molecule has 0 spiro atoms. The van der Waals surface area contributed by atoms with Crippen molar-refractivity contribution in [2.75, 3.05) is 11.9 Å². The van der Waals surface area contributed by atoms with E-state index in [0.29, 0.717) is 21.6 Å². The minimum atomic E-state index is -0.316. The molecule has 2 aromatic carbocycles. The summed E-state index contributed by atoms with van der Waals surface area (Å²) in [5.74, 6) is 1.69. The minimum absolute atomic E-state index is 0.138. The molecule has 0 radical (unpaired) electrons. The van der Waals surface area contributed by atoms with Crippen molar-refractivity contribution in [1.82, 2.24) is 15.2 Å². The lowest BCUT2D eigenvalue weighted by Crippen LogP contribution is -2.20. The van der Waals surface area contributed by atoms with E-state index in [1.54, 1.807) is 36.7 Å². The second-order valence-electron chi connectivity index (χ2n) is 5.88. The quantitative estimate of drug-likeness (QED) is 0.491. The third kappa shape index (κ3) is 5.14. The SMILES string of the molecule is O=C(COc1ccc(Oc2ccccc2)cc1)Nc1nnc(-c2cccnc2)s1. The van der Waals surface area contributed by atoms with Gasteiger partial charge in [0.15, 0.2) is 11.6 Å². The maximum absolute atomic E-state index is 12.1. The molecule has 0 saturated carbocycles. The van der Waals surface area contributed by atoms with Crippen LogP contribution in [0.4, 0.5) is 5.13 Å². The van der Waals surface area contributed by atoms with Crippen molar-refractivity contribution >= 4 is 22.4 Å². The van der Waals surface area contributed by atoms with Crippen LogP contribution in [0.15, 0.2) is 79.1 Å². The van der Waals surface area contributed by atoms with E-state index < -0.39 is 0 Å². The topological polar surface area (TPSA) is 86.2 Å². The Labute approximate surface area is 171 Å². The van der Waals surface area contributed by atoms with Crippen LogP contribution in [-0.4, -0.2) is 27.7 Å². The number of hydrogen-bond acceptors (Lipinski definition) is 7. The molecule has 0 atom stereocenters. The molecule has 7 nitrogen and oxygen atoms in total. The largest absolute Gasteiger partial charge is 0.484 e. The van der Waals surface area contributed by atoms with Crippen LogP contribution >= 0.6 is 11.3 Å². The fraction of sp³-hybridized carbons (Fsp3) is 0.0476. The zero-order valence-corrected chi connectivity index (χ0v) is 16.0. The van der Waals surface area contributed by atoms with Crippen molar-refractivity contribution in [3.05, 3.63) is 79.1 Å². The van der Waals surface area contributed by atoms with Gasteiger partial charge in [0, 0.05) is 18.0 Å². The highest BCUT2D eigenvalue weighted by Gasteiger charge is 2.10. The molecule has 0 aliphatic rings. The fourth-order valence-corrected chi connectivity index (χ4v) is 3.16. The van der Waals surface area contributed by atoms with Gasteiger partial charge in [-0.25, -0.2) is 0 Å². The highest BCUT2D eigenvalue weighted by atomic mass is 32.1. The molecule has 2 aromatic heterocycles. The highest BCUT2D eigenvalue weighted by Crippen LogP contribution is 2.26. The molecule has 29 heavy (non-hydrogen) atoms. The fourth-order valence-electron chi connectivity index (χ4n) is 2.41. The van der Waals surface area contributed by atoms with Gasteiger partial charge in [-0.1, -0.05) is 29.5 Å². The lowest BCUT2D eigenvalue weighted by Gasteiger charge is -2.08. The molecule has 0 saturated heterocycles. The molecule has 1 amide bonds. The van der Waals surface area contributed by atoms with Gasteiger partial charge in [0.1, 0.15) is 17.2 Å². The Kier molecular flexibility index (Phi) is 5.73. The van der Waals surface area contributed by atoms with E-state index >= 15 is 0 Å². The van der Waals surface area contributed by atoms with Crippen molar-refractivity contribution in [3.8, 4) is 27.8 Å². The Morgan fingerprint density at radius 2 is 1.66 bits per heavy atom. The molecule has 2 heterocycles. The molecule has 1 N–H and O–H groups in total. The summed E-state index contributed by atoms with van der Waals surface area (Å²) in [5.41, 5.74) is 0.847. The van der Waals surface area contributed by atoms with Gasteiger partial charge in [-0.2, -0.15) is 0 Å². The summed E-state index contributed by atoms with van der Waals surface area (Å²) in [4.78, 5) is 16.2. The number of para-hydroxylation sites is 1. The number of anilines is 1. The summed E-state index contributed by atoms with van der Waals surface area (Å²) >= 11 is 1.27. The van der Waals surface area contributed by atoms with E-state index in [9.17, 15) is 4.79 Å². The predicted molar refractivity (Wildman–Crippen MR) is 110 cm³/mol. The van der Waals surface area contributed by atoms with Crippen LogP contribution in [0.25, 0.3) is 10.6 Å². The van der Waals surface area contributed by atoms with Gasteiger partial charge in [0.05, 0.1) is 0 Å². The van der Waals surface area contributed by atoms with E-state index in [4.69, 9.17) is 9.47 Å². The Bertz CT molecular complexity index is 1070. The summed E-state index contributed by atoms with van der Waals surface area (Å²) in [6.07, 6.45) is 3.38. The van der Waals surface area contributed by atoms with Crippen molar-refractivity contribution in [2.45, 2.75) is 0 Å². The Morgan fingerprint density at radius 1 is 0.897 bits per heavy atom. The van der Waals surface area contributed by atoms with Crippen LogP contribution in [0.2, 0.25) is 0 Å². The van der Waals surface area contributed by atoms with E-state index in [2.05, 4.69) is 20.5 Å². The van der Waals surface area contributed by atoms with Gasteiger partial charge in [-0.05, 0) is 48.5 Å². The number of carbonyl (C=O) groups is 1. The van der Waals surface area contributed by atoms with Crippen molar-refractivity contribution in [2.24, 2.45) is 0 Å². The smallest absolute Gasteiger partial charge is 0.264 e. The molecule has 4 aromatic rings. The molecule has 0 fully saturated rings. The average Bonchev–Trinajstić information content (AvgIpc) is 3.23. The number of ether oxygens (including phenoxy) is 2. The number of carbonyl (C=O) groups excluding carboxylic acids is 1. The molecule has 144 valence electrons. The molecule has 4 rings (SSSR count). The standard InChI is InChI=1S/C21H16N4O3S/c26-19(23-21-25-24-20(29-21)15-5-4-12-22-13-15)14-27-16-8-10-18(11-9-16)28-17-6-2-1-3-7-17/h1-13H,14H2,(H,23,25,26). The minimum Gasteiger partial charge on any atom is -0.484 e. The van der Waals surface area contributed by atoms with E-state index in [0.717, 1.165) is 11.3 Å². The average molecular weight is 404 g/mol. The number of nitrogens with one attached hydrogen (secondary N) is 1. The maximum Gasteiger partial charge on any atom is 0.264 e. The predicted octanol–water partition coefficient (Wildman–Crippen LogP) is 4.41. The first-order chi connectivity index (χ1) is 14.3. The Hall–Kier alpha value is -3.78. The number of nitrogens with zero attached hydrogens (tertiary/aromatic N) is 3. The van der Waals surface area contributed by atoms with Gasteiger partial charge >= 0.3 is 0 Å². The van der Waals surface area contributed by atoms with Gasteiger partial charge in [0.2, 0.25) is 5.13 Å². The number of amides is 1. The number of rotatable bonds is 7. The lowest BCUT2D eigenvalue weighted by molar-refractivity contribution is -0.118. The highest BCUT2D eigenvalue weighted by molar-refractivity contribution is 7.18. The Morgan fingerprint density at radius 3 is 2.41 bits per heavy atom. The normalized spacial score (nSPS) is 10.3. The monoisotopic (exact) mass is 404 g/mol. The van der Waals surface area contributed by atoms with Gasteiger partial charge in [-0.15, -0.1) is 10.2 Å². The molecule has 0 bridgehead atoms. The first kappa shape index (κ1) is 18.6. The van der Waals surface area contributed by atoms with Gasteiger partial charge in [-0.3, -0.25) is 15.1 Å². The number of aromatic nitrogens is 3. The third-order valence-electron chi connectivity index (χ3n) is 3.75. The molecule has 8 heteroatoms. The van der Waals surface area contributed by atoms with Crippen LogP contribution in [-0.2, 0) is 4.79 Å². The van der Waals surface area contributed by atoms with Crippen molar-refractivity contribution in [1.29, 1.82) is 0 Å². The number of benzene rings is 2. The molecule has 0 aliphatic carbocycles. The van der Waals surface area contributed by atoms with Crippen LogP contribution in [0.3, 0.4) is 0 Å². The maximum atomic E-state index is 12.1. The molecule has 0 aliphatic heterocycles. The summed E-state index contributed by atoms with van der Waals surface area (Å²) in [5, 5.41) is 11.8. The first-order valence-electron chi connectivity index (χ1n) is 8.76. The number of hydrogen-bond donors (Lipinski definition) is 1. The van der Waals surface area contributed by atoms with Crippen LogP contribution in [0, 0.1) is 0 Å². The van der Waals surface area contributed by atoms with Crippen LogP contribution in [0.5, 0.6) is 17.2 Å². The van der Waals surface area contributed by atoms with Crippen LogP contribution < -0.4 is 14.8 Å². The summed E-state index contributed by atoms with van der Waals surface area (Å²) in [7, 11) is 0. The summed E-state index contributed by atoms with van der Waals surface area (Å²) in [6, 6.07) is 20.3. The Balaban J connectivity index is 1.28. The number of pyridine rings is 1. The molecule has 0 unspecified atom stereocenters. The molecular weight excluding hydrogens is 388 g/mol. The third-order valence-corrected chi connectivity index (χ3v) is 4.64. The van der Waals surface area contributed by atoms with E-state index in [1.807, 2.05) is 42.5 Å². The molecular formula is C21H16N4O3S. The second-order valence-corrected chi connectivity index (χ2v) is 6.85. The first-order valence-corrected chi connectivity index (χ1v) is 9.57. The van der Waals surface area contributed by atoms with Gasteiger partial charge < -0.3 is 9.47 Å². The lowest BCUT2D eigenvalue weighted by atomic mass is 10.3. The second kappa shape index (κ2) is 8.94. The summed E-state index contributed by atoms with van der Waals surface area (Å²) < 4.78 is 11.2.